The number of nitrogens with zero attached hydrogens (tertiary/aromatic N) is 1. The van der Waals surface area contributed by atoms with Gasteiger partial charge < -0.3 is 0 Å². The van der Waals surface area contributed by atoms with Crippen LogP contribution in [0.25, 0.3) is 10.9 Å². The van der Waals surface area contributed by atoms with Gasteiger partial charge in [0.15, 0.2) is 11.6 Å². The van der Waals surface area contributed by atoms with Crippen molar-refractivity contribution in [3.05, 3.63) is 59.3 Å². The summed E-state index contributed by atoms with van der Waals surface area (Å²) in [6, 6.07) is 8.24. The minimum atomic E-state index is -5.62. The molecule has 1 aliphatic rings. The van der Waals surface area contributed by atoms with Crippen LogP contribution in [0.2, 0.25) is 0 Å². The van der Waals surface area contributed by atoms with Crippen molar-refractivity contribution in [3.8, 4) is 0 Å². The highest BCUT2D eigenvalue weighted by Crippen LogP contribution is 2.38. The maximum atomic E-state index is 12.7. The molecule has 0 radical (unpaired) electrons. The lowest BCUT2D eigenvalue weighted by atomic mass is 9.98. The number of Topliss-reactive ketones (excluding diaryl/α,β-unsaturated/α-hetero) is 2. The Morgan fingerprint density at radius 3 is 1.67 bits per heavy atom. The van der Waals surface area contributed by atoms with Gasteiger partial charge >= 0.3 is 0 Å². The summed E-state index contributed by atoms with van der Waals surface area (Å²) in [7, 11) is -16.6. The first-order valence-corrected chi connectivity index (χ1v) is 13.0. The number of carbonyl (C=O) groups is 2. The molecule has 0 fully saturated rings. The second-order valence-electron chi connectivity index (χ2n) is 6.97. The molecule has 1 heterocycles. The average Bonchev–Trinajstić information content (AvgIpc) is 2.94. The first-order valence-electron chi connectivity index (χ1n) is 8.70. The smallest absolute Gasteiger partial charge is 0.293 e. The zero-order chi connectivity index (χ0) is 24.5. The van der Waals surface area contributed by atoms with E-state index in [1.807, 2.05) is 0 Å². The second kappa shape index (κ2) is 7.21. The third kappa shape index (κ3) is 3.73. The number of aromatic nitrogens is 1. The highest BCUT2D eigenvalue weighted by molar-refractivity contribution is 7.90. The lowest BCUT2D eigenvalue weighted by molar-refractivity contribution is 0.0888. The fourth-order valence-electron chi connectivity index (χ4n) is 3.68. The maximum absolute atomic E-state index is 12.7. The molecule has 0 aliphatic heterocycles. The number of hydrogen-bond acceptors (Lipinski definition) is 9. The Balaban J connectivity index is 2.08. The van der Waals surface area contributed by atoms with Gasteiger partial charge in [0.1, 0.15) is 20.6 Å². The average molecular weight is 513 g/mol. The molecule has 2 aromatic carbocycles. The molecule has 1 aromatic heterocycles. The van der Waals surface area contributed by atoms with Gasteiger partial charge in [0.25, 0.3) is 30.4 Å². The van der Waals surface area contributed by atoms with Gasteiger partial charge in [-0.2, -0.15) is 25.3 Å². The number of pyridine rings is 1. The van der Waals surface area contributed by atoms with Crippen LogP contribution in [0.3, 0.4) is 0 Å². The number of fused-ring (bicyclic) bond motifs is 2. The van der Waals surface area contributed by atoms with Gasteiger partial charge in [0, 0.05) is 16.5 Å². The van der Waals surface area contributed by atoms with Crippen LogP contribution in [-0.4, -0.2) is 55.5 Å². The van der Waals surface area contributed by atoms with Crippen LogP contribution in [0.5, 0.6) is 0 Å². The molecular weight excluding hydrogens is 502 g/mol. The molecule has 33 heavy (non-hydrogen) atoms. The second-order valence-corrected chi connectivity index (χ2v) is 11.1. The Morgan fingerprint density at radius 2 is 1.21 bits per heavy atom. The predicted molar refractivity (Wildman–Crippen MR) is 109 cm³/mol. The highest BCUT2D eigenvalue weighted by Gasteiger charge is 2.41. The molecule has 3 N–H and O–H groups in total. The predicted octanol–water partition coefficient (Wildman–Crippen LogP) is 1.14. The van der Waals surface area contributed by atoms with Crippen molar-refractivity contribution in [1.29, 1.82) is 0 Å². The summed E-state index contributed by atoms with van der Waals surface area (Å²) in [6.07, 6.45) is 0. The van der Waals surface area contributed by atoms with E-state index in [4.69, 9.17) is 0 Å². The third-order valence-corrected chi connectivity index (χ3v) is 7.98. The van der Waals surface area contributed by atoms with Crippen molar-refractivity contribution in [2.24, 2.45) is 0 Å². The lowest BCUT2D eigenvalue weighted by Crippen LogP contribution is -2.17. The van der Waals surface area contributed by atoms with Gasteiger partial charge in [-0.25, -0.2) is 0 Å². The van der Waals surface area contributed by atoms with Crippen LogP contribution in [0.4, 0.5) is 0 Å². The normalized spacial score (nSPS) is 15.2. The Morgan fingerprint density at radius 1 is 0.697 bits per heavy atom. The molecule has 172 valence electrons. The molecule has 0 saturated carbocycles. The van der Waals surface area contributed by atoms with Crippen LogP contribution in [0, 0.1) is 0 Å². The van der Waals surface area contributed by atoms with Gasteiger partial charge in [-0.1, -0.05) is 24.3 Å². The Bertz CT molecular complexity index is 1690. The minimum absolute atomic E-state index is 0.119. The number of carbonyl (C=O) groups excluding carboxylic acids is 2. The summed E-state index contributed by atoms with van der Waals surface area (Å²) in [6.45, 7) is 0. The standard InChI is InChI=1S/C18H11NO11S3/c20-15-8-3-1-2-4-9(8)16(21)14(15)11-6-5-10-12(19-11)7-13(31(22,23)24)18(33(28,29)30)17(10)32(25,26)27/h1-7,14H,(H,22,23,24)(H,25,26,27)(H,28,29,30). The summed E-state index contributed by atoms with van der Waals surface area (Å²) >= 11 is 0. The Hall–Kier alpha value is -3.08. The van der Waals surface area contributed by atoms with Crippen LogP contribution >= 0.6 is 0 Å². The molecule has 0 atom stereocenters. The van der Waals surface area contributed by atoms with Crippen LogP contribution in [0.1, 0.15) is 32.3 Å². The van der Waals surface area contributed by atoms with Crippen molar-refractivity contribution < 1.29 is 48.5 Å². The molecule has 0 spiro atoms. The van der Waals surface area contributed by atoms with E-state index in [9.17, 15) is 48.5 Å². The van der Waals surface area contributed by atoms with E-state index in [0.29, 0.717) is 6.07 Å². The van der Waals surface area contributed by atoms with Crippen LogP contribution < -0.4 is 0 Å². The van der Waals surface area contributed by atoms with E-state index in [2.05, 4.69) is 4.98 Å². The topological polar surface area (TPSA) is 210 Å². The molecular formula is C18H11NO11S3. The molecule has 15 heteroatoms. The number of hydrogen-bond donors (Lipinski definition) is 3. The summed E-state index contributed by atoms with van der Waals surface area (Å²) in [4.78, 5) is 24.5. The zero-order valence-corrected chi connectivity index (χ0v) is 18.3. The fraction of sp³-hybridized carbons (Fsp3) is 0.0556. The number of rotatable bonds is 4. The number of ketones is 2. The molecule has 3 aromatic rings. The summed E-state index contributed by atoms with van der Waals surface area (Å²) < 4.78 is 99.6. The quantitative estimate of drug-likeness (QED) is 0.331. The van der Waals surface area contributed by atoms with E-state index in [1.165, 1.54) is 24.3 Å². The van der Waals surface area contributed by atoms with Crippen molar-refractivity contribution in [2.75, 3.05) is 0 Å². The minimum Gasteiger partial charge on any atom is -0.293 e. The molecule has 4 rings (SSSR count). The third-order valence-electron chi connectivity index (χ3n) is 4.96. The molecule has 0 saturated heterocycles. The van der Waals surface area contributed by atoms with E-state index in [0.717, 1.165) is 12.1 Å². The van der Waals surface area contributed by atoms with Gasteiger partial charge in [0.2, 0.25) is 0 Å². The largest absolute Gasteiger partial charge is 0.297 e. The van der Waals surface area contributed by atoms with Crippen LogP contribution in [0.15, 0.2) is 57.2 Å². The molecule has 0 unspecified atom stereocenters. The van der Waals surface area contributed by atoms with Crippen molar-refractivity contribution in [2.45, 2.75) is 20.6 Å². The first-order chi connectivity index (χ1) is 15.1. The Kier molecular flexibility index (Phi) is 5.04. The summed E-state index contributed by atoms with van der Waals surface area (Å²) in [5, 5.41) is -0.656. The molecule has 0 bridgehead atoms. The van der Waals surface area contributed by atoms with Gasteiger partial charge in [-0.05, 0) is 18.2 Å². The van der Waals surface area contributed by atoms with Crippen LogP contribution in [-0.2, 0) is 30.4 Å². The van der Waals surface area contributed by atoms with E-state index >= 15 is 0 Å². The van der Waals surface area contributed by atoms with E-state index < -0.39 is 73.4 Å². The van der Waals surface area contributed by atoms with E-state index in [-0.39, 0.29) is 16.8 Å². The molecule has 0 amide bonds. The Labute approximate surface area is 186 Å². The first kappa shape index (κ1) is 23.1. The summed E-state index contributed by atoms with van der Waals surface area (Å²) in [5.74, 6) is -2.69. The number of benzene rings is 2. The SMILES string of the molecule is O=C1c2ccccc2C(=O)C1c1ccc2c(S(=O)(=O)O)c(S(=O)(=O)O)c(S(=O)(=O)O)cc2n1. The molecule has 1 aliphatic carbocycles. The van der Waals surface area contributed by atoms with Crippen molar-refractivity contribution in [3.63, 3.8) is 0 Å². The molecule has 12 nitrogen and oxygen atoms in total. The van der Waals surface area contributed by atoms with Gasteiger partial charge in [-0.15, -0.1) is 0 Å². The lowest BCUT2D eigenvalue weighted by Gasteiger charge is -2.14. The fourth-order valence-corrected chi connectivity index (χ4v) is 7.06. The summed E-state index contributed by atoms with van der Waals surface area (Å²) in [5.41, 5.74) is -0.589. The zero-order valence-electron chi connectivity index (χ0n) is 15.9. The van der Waals surface area contributed by atoms with Crippen molar-refractivity contribution in [1.82, 2.24) is 4.98 Å². The van der Waals surface area contributed by atoms with Crippen molar-refractivity contribution >= 4 is 52.8 Å². The maximum Gasteiger partial charge on any atom is 0.297 e. The van der Waals surface area contributed by atoms with Gasteiger partial charge in [-0.3, -0.25) is 28.2 Å². The van der Waals surface area contributed by atoms with E-state index in [1.54, 1.807) is 0 Å². The van der Waals surface area contributed by atoms with Gasteiger partial charge in [0.05, 0.1) is 11.2 Å². The monoisotopic (exact) mass is 513 g/mol. The highest BCUT2D eigenvalue weighted by atomic mass is 32.2.